The Morgan fingerprint density at radius 2 is 1.94 bits per heavy atom. The summed E-state index contributed by atoms with van der Waals surface area (Å²) in [5.74, 6) is -0.370. The molecule has 2 aliphatic rings. The van der Waals surface area contributed by atoms with Crippen molar-refractivity contribution in [3.05, 3.63) is 11.3 Å². The zero-order valence-electron chi connectivity index (χ0n) is 11.8. The van der Waals surface area contributed by atoms with Gasteiger partial charge in [-0.3, -0.25) is 0 Å². The van der Waals surface area contributed by atoms with Crippen LogP contribution in [0.5, 0.6) is 0 Å². The molecule has 0 bridgehead atoms. The van der Waals surface area contributed by atoms with Crippen molar-refractivity contribution in [3.63, 3.8) is 0 Å². The first-order valence-electron chi connectivity index (χ1n) is 6.86. The molecule has 0 aromatic heterocycles. The molecule has 4 heteroatoms. The average Bonchev–Trinajstić information content (AvgIpc) is 2.84. The molecule has 0 aromatic carbocycles. The van der Waals surface area contributed by atoms with Crippen LogP contribution in [-0.4, -0.2) is 35.8 Å². The maximum absolute atomic E-state index is 10.9. The highest BCUT2D eigenvalue weighted by Gasteiger charge is 2.68. The molecule has 1 saturated heterocycles. The first-order valence-corrected chi connectivity index (χ1v) is 6.86. The number of aliphatic hydroxyl groups is 1. The minimum atomic E-state index is -1.05. The van der Waals surface area contributed by atoms with Gasteiger partial charge in [0.2, 0.25) is 0 Å². The van der Waals surface area contributed by atoms with Gasteiger partial charge in [-0.1, -0.05) is 19.8 Å². The third-order valence-electron chi connectivity index (χ3n) is 3.74. The fourth-order valence-electron chi connectivity index (χ4n) is 2.78. The summed E-state index contributed by atoms with van der Waals surface area (Å²) in [6.45, 7) is 8.96. The van der Waals surface area contributed by atoms with Crippen molar-refractivity contribution in [2.45, 2.75) is 64.4 Å². The van der Waals surface area contributed by atoms with Crippen LogP contribution in [0.3, 0.4) is 0 Å². The van der Waals surface area contributed by atoms with E-state index < -0.39 is 11.4 Å². The lowest BCUT2D eigenvalue weighted by Gasteiger charge is -2.53. The highest BCUT2D eigenvalue weighted by molar-refractivity contribution is 5.43. The van der Waals surface area contributed by atoms with Crippen molar-refractivity contribution in [1.82, 2.24) is 0 Å². The Morgan fingerprint density at radius 3 is 2.44 bits per heavy atom. The first-order chi connectivity index (χ1) is 8.48. The van der Waals surface area contributed by atoms with Gasteiger partial charge >= 0.3 is 0 Å². The van der Waals surface area contributed by atoms with Crippen LogP contribution in [0, 0.1) is 0 Å². The molecule has 0 saturated carbocycles. The molecule has 4 nitrogen and oxygen atoms in total. The van der Waals surface area contributed by atoms with Crippen LogP contribution in [0.15, 0.2) is 11.3 Å². The highest BCUT2D eigenvalue weighted by Crippen LogP contribution is 2.55. The van der Waals surface area contributed by atoms with Gasteiger partial charge in [-0.2, -0.15) is 0 Å². The Morgan fingerprint density at radius 1 is 1.33 bits per heavy atom. The van der Waals surface area contributed by atoms with Crippen molar-refractivity contribution in [1.29, 1.82) is 0 Å². The van der Waals surface area contributed by atoms with Crippen LogP contribution in [0.2, 0.25) is 0 Å². The van der Waals surface area contributed by atoms with E-state index in [4.69, 9.17) is 14.2 Å². The summed E-state index contributed by atoms with van der Waals surface area (Å²) in [5.41, 5.74) is -0.171. The van der Waals surface area contributed by atoms with E-state index in [1.165, 1.54) is 0 Å². The fourth-order valence-corrected chi connectivity index (χ4v) is 2.78. The molecule has 1 atom stereocenters. The molecule has 1 aliphatic heterocycles. The Kier molecular flexibility index (Phi) is 3.72. The molecule has 18 heavy (non-hydrogen) atoms. The van der Waals surface area contributed by atoms with E-state index in [0.717, 1.165) is 18.4 Å². The predicted molar refractivity (Wildman–Crippen MR) is 68.0 cm³/mol. The van der Waals surface area contributed by atoms with Gasteiger partial charge in [0.1, 0.15) is 0 Å². The smallest absolute Gasteiger partial charge is 0.262 e. The molecule has 1 fully saturated rings. The van der Waals surface area contributed by atoms with E-state index >= 15 is 0 Å². The molecule has 2 rings (SSSR count). The Labute approximate surface area is 109 Å². The van der Waals surface area contributed by atoms with Gasteiger partial charge in [0.05, 0.1) is 19.3 Å². The lowest BCUT2D eigenvalue weighted by atomic mass is 9.69. The molecular weight excluding hydrogens is 232 g/mol. The number of hydrogen-bond acceptors (Lipinski definition) is 4. The monoisotopic (exact) mass is 256 g/mol. The third kappa shape index (κ3) is 1.78. The van der Waals surface area contributed by atoms with Gasteiger partial charge < -0.3 is 19.3 Å². The first kappa shape index (κ1) is 13.8. The topological polar surface area (TPSA) is 47.9 Å². The van der Waals surface area contributed by atoms with Gasteiger partial charge in [0.25, 0.3) is 5.79 Å². The maximum atomic E-state index is 10.9. The third-order valence-corrected chi connectivity index (χ3v) is 3.74. The van der Waals surface area contributed by atoms with Crippen molar-refractivity contribution in [3.8, 4) is 0 Å². The number of unbranched alkanes of at least 4 members (excludes halogenated alkanes) is 1. The Balaban J connectivity index is 2.27. The van der Waals surface area contributed by atoms with E-state index in [9.17, 15) is 5.11 Å². The Bertz CT molecular complexity index is 342. The van der Waals surface area contributed by atoms with E-state index in [-0.39, 0.29) is 6.10 Å². The normalized spacial score (nSPS) is 30.1. The van der Waals surface area contributed by atoms with E-state index in [2.05, 4.69) is 6.92 Å². The van der Waals surface area contributed by atoms with Crippen LogP contribution in [0.4, 0.5) is 0 Å². The number of rotatable bonds is 5. The lowest BCUT2D eigenvalue weighted by Crippen LogP contribution is -2.66. The minimum absolute atomic E-state index is 0.0513. The van der Waals surface area contributed by atoms with Crippen LogP contribution in [0.25, 0.3) is 0 Å². The summed E-state index contributed by atoms with van der Waals surface area (Å²) in [6.07, 6.45) is 2.68. The van der Waals surface area contributed by atoms with Crippen molar-refractivity contribution in [2.24, 2.45) is 0 Å². The average molecular weight is 256 g/mol. The van der Waals surface area contributed by atoms with Gasteiger partial charge in [-0.15, -0.1) is 0 Å². The summed E-state index contributed by atoms with van der Waals surface area (Å²) < 4.78 is 17.2. The summed E-state index contributed by atoms with van der Waals surface area (Å²) in [4.78, 5) is 0. The van der Waals surface area contributed by atoms with E-state index in [1.54, 1.807) is 0 Å². The second kappa shape index (κ2) is 4.83. The molecule has 1 heterocycles. The number of hydrogen-bond donors (Lipinski definition) is 1. The van der Waals surface area contributed by atoms with Crippen molar-refractivity contribution < 1.29 is 19.3 Å². The lowest BCUT2D eigenvalue weighted by molar-refractivity contribution is -0.283. The molecule has 104 valence electrons. The summed E-state index contributed by atoms with van der Waals surface area (Å²) in [5, 5.41) is 10.9. The van der Waals surface area contributed by atoms with Crippen molar-refractivity contribution >= 4 is 0 Å². The largest absolute Gasteiger partial charge is 0.489 e. The molecule has 1 unspecified atom stereocenters. The molecule has 1 spiro atoms. The van der Waals surface area contributed by atoms with Gasteiger partial charge in [0.15, 0.2) is 11.4 Å². The van der Waals surface area contributed by atoms with Crippen LogP contribution >= 0.6 is 0 Å². The zero-order chi connectivity index (χ0) is 13.4. The standard InChI is InChI=1S/C14H24O4/c1-5-6-7-13(15)11(4)12(18-10(2)3)14(13)16-8-9-17-14/h10,15H,5-9H2,1-4H3. The van der Waals surface area contributed by atoms with Crippen LogP contribution in [-0.2, 0) is 14.2 Å². The van der Waals surface area contributed by atoms with Crippen LogP contribution in [0.1, 0.15) is 47.0 Å². The zero-order valence-corrected chi connectivity index (χ0v) is 11.8. The Hall–Kier alpha value is -0.580. The molecular formula is C14H24O4. The molecule has 1 N–H and O–H groups in total. The van der Waals surface area contributed by atoms with Gasteiger partial charge in [-0.25, -0.2) is 0 Å². The molecule has 0 aromatic rings. The van der Waals surface area contributed by atoms with Gasteiger partial charge in [-0.05, 0) is 27.2 Å². The minimum Gasteiger partial charge on any atom is -0.489 e. The second-order valence-corrected chi connectivity index (χ2v) is 5.40. The second-order valence-electron chi connectivity index (χ2n) is 5.40. The summed E-state index contributed by atoms with van der Waals surface area (Å²) in [7, 11) is 0. The SMILES string of the molecule is CCCCC1(O)C(C)=C(OC(C)C)C12OCCO2. The van der Waals surface area contributed by atoms with Crippen molar-refractivity contribution in [2.75, 3.05) is 13.2 Å². The van der Waals surface area contributed by atoms with Crippen LogP contribution < -0.4 is 0 Å². The molecule has 0 amide bonds. The highest BCUT2D eigenvalue weighted by atomic mass is 16.8. The fraction of sp³-hybridized carbons (Fsp3) is 0.857. The molecule has 1 aliphatic carbocycles. The summed E-state index contributed by atoms with van der Waals surface area (Å²) in [6, 6.07) is 0. The summed E-state index contributed by atoms with van der Waals surface area (Å²) >= 11 is 0. The molecule has 0 radical (unpaired) electrons. The van der Waals surface area contributed by atoms with E-state index in [0.29, 0.717) is 25.4 Å². The van der Waals surface area contributed by atoms with E-state index in [1.807, 2.05) is 20.8 Å². The quantitative estimate of drug-likeness (QED) is 0.820. The maximum Gasteiger partial charge on any atom is 0.262 e. The van der Waals surface area contributed by atoms with Gasteiger partial charge in [0, 0.05) is 5.57 Å². The predicted octanol–water partition coefficient (Wildman–Crippen LogP) is 2.36. The number of ether oxygens (including phenoxy) is 3.